The maximum absolute atomic E-state index is 11.5. The maximum atomic E-state index is 11.5. The van der Waals surface area contributed by atoms with Crippen LogP contribution >= 0.6 is 0 Å². The highest BCUT2D eigenvalue weighted by molar-refractivity contribution is 5.67. The summed E-state index contributed by atoms with van der Waals surface area (Å²) in [5.41, 5.74) is 2.75. The van der Waals surface area contributed by atoms with E-state index in [1.807, 2.05) is 51.1 Å². The molecule has 0 aliphatic carbocycles. The van der Waals surface area contributed by atoms with E-state index < -0.39 is 5.60 Å². The molecule has 0 spiro atoms. The molecule has 0 unspecified atom stereocenters. The van der Waals surface area contributed by atoms with E-state index >= 15 is 0 Å². The summed E-state index contributed by atoms with van der Waals surface area (Å²) in [6.07, 6.45) is 2.17. The minimum absolute atomic E-state index is 0.377. The van der Waals surface area contributed by atoms with Gasteiger partial charge in [-0.05, 0) is 44.9 Å². The molecule has 4 heteroatoms. The van der Waals surface area contributed by atoms with Crippen molar-refractivity contribution in [3.05, 3.63) is 54.2 Å². The molecule has 0 aliphatic rings. The molecule has 2 rings (SSSR count). The first-order valence-electron chi connectivity index (χ1n) is 7.41. The molecule has 0 aliphatic heterocycles. The highest BCUT2D eigenvalue weighted by Crippen LogP contribution is 2.16. The third kappa shape index (κ3) is 5.20. The third-order valence-corrected chi connectivity index (χ3v) is 3.00. The molecule has 0 saturated carbocycles. The Kier molecular flexibility index (Phi) is 5.15. The molecule has 22 heavy (non-hydrogen) atoms. The van der Waals surface area contributed by atoms with Crippen LogP contribution < -0.4 is 5.32 Å². The molecule has 1 aromatic heterocycles. The van der Waals surface area contributed by atoms with Gasteiger partial charge in [0.25, 0.3) is 0 Å². The number of hydrogen-bond donors (Lipinski definition) is 1. The Balaban J connectivity index is 1.84. The Morgan fingerprint density at radius 3 is 2.45 bits per heavy atom. The Morgan fingerprint density at radius 1 is 1.14 bits per heavy atom. The van der Waals surface area contributed by atoms with Gasteiger partial charge in [0.05, 0.1) is 5.69 Å². The third-order valence-electron chi connectivity index (χ3n) is 3.00. The SMILES string of the molecule is CC(C)(C)OC(=O)NCCc1ccc(-c2ccccn2)cc1. The first-order chi connectivity index (χ1) is 10.4. The molecule has 1 aromatic carbocycles. The largest absolute Gasteiger partial charge is 0.444 e. The smallest absolute Gasteiger partial charge is 0.407 e. The Hall–Kier alpha value is -2.36. The van der Waals surface area contributed by atoms with Crippen LogP contribution in [-0.4, -0.2) is 23.2 Å². The number of carbonyl (C=O) groups is 1. The van der Waals surface area contributed by atoms with E-state index in [-0.39, 0.29) is 6.09 Å². The van der Waals surface area contributed by atoms with Gasteiger partial charge < -0.3 is 10.1 Å². The molecule has 1 amide bonds. The van der Waals surface area contributed by atoms with Crippen LogP contribution in [0, 0.1) is 0 Å². The van der Waals surface area contributed by atoms with Crippen LogP contribution in [0.3, 0.4) is 0 Å². The van der Waals surface area contributed by atoms with Crippen LogP contribution in [0.5, 0.6) is 0 Å². The topological polar surface area (TPSA) is 51.2 Å². The predicted octanol–water partition coefficient (Wildman–Crippen LogP) is 3.82. The summed E-state index contributed by atoms with van der Waals surface area (Å²) >= 11 is 0. The van der Waals surface area contributed by atoms with Crippen LogP contribution in [0.2, 0.25) is 0 Å². The van der Waals surface area contributed by atoms with Gasteiger partial charge in [-0.15, -0.1) is 0 Å². The summed E-state index contributed by atoms with van der Waals surface area (Å²) in [4.78, 5) is 15.9. The van der Waals surface area contributed by atoms with Crippen molar-refractivity contribution in [2.75, 3.05) is 6.54 Å². The van der Waals surface area contributed by atoms with E-state index in [0.29, 0.717) is 6.54 Å². The second-order valence-corrected chi connectivity index (χ2v) is 6.09. The van der Waals surface area contributed by atoms with Gasteiger partial charge in [0.2, 0.25) is 0 Å². The van der Waals surface area contributed by atoms with E-state index in [0.717, 1.165) is 23.2 Å². The molecule has 0 saturated heterocycles. The molecule has 0 fully saturated rings. The standard InChI is InChI=1S/C18H22N2O2/c1-18(2,3)22-17(21)20-13-11-14-7-9-15(10-8-14)16-6-4-5-12-19-16/h4-10,12H,11,13H2,1-3H3,(H,20,21). The lowest BCUT2D eigenvalue weighted by Gasteiger charge is -2.19. The van der Waals surface area contributed by atoms with Gasteiger partial charge in [-0.2, -0.15) is 0 Å². The first-order valence-corrected chi connectivity index (χ1v) is 7.41. The van der Waals surface area contributed by atoms with Crippen molar-refractivity contribution < 1.29 is 9.53 Å². The minimum atomic E-state index is -0.464. The number of nitrogens with zero attached hydrogens (tertiary/aromatic N) is 1. The molecule has 0 bridgehead atoms. The van der Waals surface area contributed by atoms with Crippen molar-refractivity contribution in [3.8, 4) is 11.3 Å². The molecule has 116 valence electrons. The summed E-state index contributed by atoms with van der Waals surface area (Å²) < 4.78 is 5.19. The highest BCUT2D eigenvalue weighted by atomic mass is 16.6. The van der Waals surface area contributed by atoms with Gasteiger partial charge in [-0.25, -0.2) is 4.79 Å². The van der Waals surface area contributed by atoms with Crippen molar-refractivity contribution in [2.24, 2.45) is 0 Å². The lowest BCUT2D eigenvalue weighted by Crippen LogP contribution is -2.33. The molecule has 0 atom stereocenters. The van der Waals surface area contributed by atoms with Gasteiger partial charge in [0.1, 0.15) is 5.60 Å². The van der Waals surface area contributed by atoms with E-state index in [9.17, 15) is 4.79 Å². The highest BCUT2D eigenvalue weighted by Gasteiger charge is 2.15. The van der Waals surface area contributed by atoms with Gasteiger partial charge in [0.15, 0.2) is 0 Å². The van der Waals surface area contributed by atoms with Crippen molar-refractivity contribution in [1.82, 2.24) is 10.3 Å². The van der Waals surface area contributed by atoms with Crippen LogP contribution in [0.25, 0.3) is 11.3 Å². The minimum Gasteiger partial charge on any atom is -0.444 e. The summed E-state index contributed by atoms with van der Waals surface area (Å²) in [6, 6.07) is 14.1. The number of carbonyl (C=O) groups excluding carboxylic acids is 1. The van der Waals surface area contributed by atoms with Gasteiger partial charge >= 0.3 is 6.09 Å². The van der Waals surface area contributed by atoms with Crippen molar-refractivity contribution >= 4 is 6.09 Å². The number of rotatable bonds is 4. The van der Waals surface area contributed by atoms with E-state index in [1.54, 1.807) is 6.20 Å². The summed E-state index contributed by atoms with van der Waals surface area (Å²) in [5, 5.41) is 2.76. The zero-order chi connectivity index (χ0) is 16.0. The molecular weight excluding hydrogens is 276 g/mol. The Bertz CT molecular complexity index is 601. The molecular formula is C18H22N2O2. The second-order valence-electron chi connectivity index (χ2n) is 6.09. The number of hydrogen-bond acceptors (Lipinski definition) is 3. The predicted molar refractivity (Wildman–Crippen MR) is 87.6 cm³/mol. The van der Waals surface area contributed by atoms with E-state index in [2.05, 4.69) is 22.4 Å². The van der Waals surface area contributed by atoms with Crippen molar-refractivity contribution in [2.45, 2.75) is 32.8 Å². The fourth-order valence-electron chi connectivity index (χ4n) is 2.00. The zero-order valence-corrected chi connectivity index (χ0v) is 13.3. The van der Waals surface area contributed by atoms with Gasteiger partial charge in [0, 0.05) is 18.3 Å². The van der Waals surface area contributed by atoms with Crippen LogP contribution in [-0.2, 0) is 11.2 Å². The number of nitrogens with one attached hydrogen (secondary N) is 1. The lowest BCUT2D eigenvalue weighted by molar-refractivity contribution is 0.0528. The van der Waals surface area contributed by atoms with Crippen LogP contribution in [0.1, 0.15) is 26.3 Å². The average molecular weight is 298 g/mol. The van der Waals surface area contributed by atoms with Crippen LogP contribution in [0.4, 0.5) is 4.79 Å². The Morgan fingerprint density at radius 2 is 1.86 bits per heavy atom. The second kappa shape index (κ2) is 7.07. The summed E-state index contributed by atoms with van der Waals surface area (Å²) in [6.45, 7) is 6.10. The molecule has 4 nitrogen and oxygen atoms in total. The lowest BCUT2D eigenvalue weighted by atomic mass is 10.1. The molecule has 1 N–H and O–H groups in total. The molecule has 1 heterocycles. The van der Waals surface area contributed by atoms with Crippen molar-refractivity contribution in [1.29, 1.82) is 0 Å². The number of alkyl carbamates (subject to hydrolysis) is 1. The quantitative estimate of drug-likeness (QED) is 0.933. The number of amides is 1. The number of pyridine rings is 1. The van der Waals surface area contributed by atoms with Crippen LogP contribution in [0.15, 0.2) is 48.7 Å². The number of benzene rings is 1. The summed E-state index contributed by atoms with van der Waals surface area (Å²) in [7, 11) is 0. The maximum Gasteiger partial charge on any atom is 0.407 e. The van der Waals surface area contributed by atoms with Gasteiger partial charge in [-0.3, -0.25) is 4.98 Å². The van der Waals surface area contributed by atoms with E-state index in [1.165, 1.54) is 0 Å². The average Bonchev–Trinajstić information content (AvgIpc) is 2.47. The summed E-state index contributed by atoms with van der Waals surface area (Å²) in [5.74, 6) is 0. The molecule has 0 radical (unpaired) electrons. The molecule has 2 aromatic rings. The van der Waals surface area contributed by atoms with E-state index in [4.69, 9.17) is 4.74 Å². The zero-order valence-electron chi connectivity index (χ0n) is 13.3. The monoisotopic (exact) mass is 298 g/mol. The normalized spacial score (nSPS) is 11.0. The number of aromatic nitrogens is 1. The first kappa shape index (κ1) is 16.0. The van der Waals surface area contributed by atoms with Gasteiger partial charge in [-0.1, -0.05) is 30.3 Å². The Labute approximate surface area is 131 Å². The van der Waals surface area contributed by atoms with Crippen molar-refractivity contribution in [3.63, 3.8) is 0 Å². The fourth-order valence-corrected chi connectivity index (χ4v) is 2.00. The number of ether oxygens (including phenoxy) is 1. The fraction of sp³-hybridized carbons (Fsp3) is 0.333.